The second-order valence-electron chi connectivity index (χ2n) is 6.49. The fraction of sp³-hybridized carbons (Fsp3) is 0.158. The Morgan fingerprint density at radius 1 is 1.04 bits per heavy atom. The zero-order chi connectivity index (χ0) is 20.5. The highest BCUT2D eigenvalue weighted by Crippen LogP contribution is 2.27. The minimum Gasteiger partial charge on any atom is -0.398 e. The van der Waals surface area contributed by atoms with Crippen molar-refractivity contribution in [3.8, 4) is 0 Å². The number of nitrogens with zero attached hydrogens (tertiary/aromatic N) is 3. The first-order chi connectivity index (χ1) is 13.1. The average molecular weight is 398 g/mol. The summed E-state index contributed by atoms with van der Waals surface area (Å²) in [4.78, 5) is 10.6. The van der Waals surface area contributed by atoms with Gasteiger partial charge in [0, 0.05) is 30.3 Å². The first-order valence-corrected chi connectivity index (χ1v) is 10.0. The SMILES string of the molecule is Cc1ccc(N(C)c2ccnc(Nc3ccc(C)c(S(N)(=O)=O)c3)n2)cc1N. The molecule has 0 saturated heterocycles. The molecule has 146 valence electrons. The van der Waals surface area contributed by atoms with Gasteiger partial charge in [0.15, 0.2) is 0 Å². The number of hydrogen-bond acceptors (Lipinski definition) is 7. The Morgan fingerprint density at radius 3 is 2.43 bits per heavy atom. The van der Waals surface area contributed by atoms with E-state index in [4.69, 9.17) is 10.9 Å². The number of rotatable bonds is 5. The second kappa shape index (κ2) is 7.45. The molecule has 5 N–H and O–H groups in total. The molecule has 0 atom stereocenters. The number of sulfonamides is 1. The normalized spacial score (nSPS) is 11.3. The average Bonchev–Trinajstić information content (AvgIpc) is 2.64. The highest BCUT2D eigenvalue weighted by Gasteiger charge is 2.13. The van der Waals surface area contributed by atoms with Crippen LogP contribution in [0.4, 0.5) is 28.8 Å². The van der Waals surface area contributed by atoms with Gasteiger partial charge >= 0.3 is 0 Å². The molecule has 0 saturated carbocycles. The van der Waals surface area contributed by atoms with E-state index in [0.29, 0.717) is 28.7 Å². The number of aromatic nitrogens is 2. The standard InChI is InChI=1S/C19H22N6O2S/c1-12-5-7-15(11-16(12)20)25(3)18-8-9-22-19(24-18)23-14-6-4-13(2)17(10-14)28(21,26)27/h4-11H,20H2,1-3H3,(H2,21,26,27)(H,22,23,24). The van der Waals surface area contributed by atoms with E-state index in [9.17, 15) is 8.42 Å². The van der Waals surface area contributed by atoms with Crippen molar-refractivity contribution in [3.05, 3.63) is 59.8 Å². The predicted octanol–water partition coefficient (Wildman–Crippen LogP) is 2.83. The maximum absolute atomic E-state index is 11.7. The van der Waals surface area contributed by atoms with E-state index in [1.807, 2.05) is 37.1 Å². The van der Waals surface area contributed by atoms with Gasteiger partial charge in [-0.25, -0.2) is 18.5 Å². The Bertz CT molecular complexity index is 1130. The van der Waals surface area contributed by atoms with Crippen LogP contribution in [-0.4, -0.2) is 25.4 Å². The number of benzene rings is 2. The highest BCUT2D eigenvalue weighted by atomic mass is 32.2. The number of aryl methyl sites for hydroxylation is 2. The molecule has 0 aliphatic rings. The number of nitrogens with two attached hydrogens (primary N) is 2. The van der Waals surface area contributed by atoms with E-state index in [1.54, 1.807) is 31.3 Å². The first-order valence-electron chi connectivity index (χ1n) is 8.48. The summed E-state index contributed by atoms with van der Waals surface area (Å²) >= 11 is 0. The van der Waals surface area contributed by atoms with Gasteiger partial charge in [-0.05, 0) is 55.3 Å². The van der Waals surface area contributed by atoms with E-state index in [2.05, 4.69) is 15.3 Å². The van der Waals surface area contributed by atoms with Crippen molar-refractivity contribution in [3.63, 3.8) is 0 Å². The molecule has 0 aliphatic heterocycles. The molecular weight excluding hydrogens is 376 g/mol. The van der Waals surface area contributed by atoms with E-state index >= 15 is 0 Å². The lowest BCUT2D eigenvalue weighted by Gasteiger charge is -2.20. The summed E-state index contributed by atoms with van der Waals surface area (Å²) in [7, 11) is -1.94. The summed E-state index contributed by atoms with van der Waals surface area (Å²) in [6.07, 6.45) is 1.62. The molecule has 3 aromatic rings. The number of nitrogens with one attached hydrogen (secondary N) is 1. The minimum atomic E-state index is -3.81. The zero-order valence-electron chi connectivity index (χ0n) is 15.8. The summed E-state index contributed by atoms with van der Waals surface area (Å²) in [5.74, 6) is 0.980. The third-order valence-corrected chi connectivity index (χ3v) is 5.44. The van der Waals surface area contributed by atoms with Crippen LogP contribution in [-0.2, 0) is 10.0 Å². The van der Waals surface area contributed by atoms with Gasteiger partial charge in [-0.1, -0.05) is 12.1 Å². The van der Waals surface area contributed by atoms with Gasteiger partial charge < -0.3 is 16.0 Å². The van der Waals surface area contributed by atoms with E-state index in [1.165, 1.54) is 6.07 Å². The summed E-state index contributed by atoms with van der Waals surface area (Å²) in [6, 6.07) is 12.4. The van der Waals surface area contributed by atoms with Crippen LogP contribution in [0.25, 0.3) is 0 Å². The Labute approximate surface area is 164 Å². The minimum absolute atomic E-state index is 0.0564. The molecule has 0 spiro atoms. The molecule has 9 heteroatoms. The molecular formula is C19H22N6O2S. The third kappa shape index (κ3) is 4.21. The maximum atomic E-state index is 11.7. The Morgan fingerprint density at radius 2 is 1.75 bits per heavy atom. The van der Waals surface area contributed by atoms with Gasteiger partial charge in [-0.3, -0.25) is 0 Å². The molecule has 8 nitrogen and oxygen atoms in total. The van der Waals surface area contributed by atoms with Crippen LogP contribution < -0.4 is 21.1 Å². The number of nitrogen functional groups attached to an aromatic ring is 1. The summed E-state index contributed by atoms with van der Waals surface area (Å²) in [5.41, 5.74) is 9.69. The van der Waals surface area contributed by atoms with Gasteiger partial charge in [0.05, 0.1) is 4.90 Å². The molecule has 28 heavy (non-hydrogen) atoms. The van der Waals surface area contributed by atoms with Gasteiger partial charge in [-0.15, -0.1) is 0 Å². The summed E-state index contributed by atoms with van der Waals surface area (Å²) in [6.45, 7) is 3.63. The van der Waals surface area contributed by atoms with Crippen molar-refractivity contribution < 1.29 is 8.42 Å². The molecule has 1 aromatic heterocycles. The topological polar surface area (TPSA) is 127 Å². The molecule has 1 heterocycles. The van der Waals surface area contributed by atoms with Crippen molar-refractivity contribution >= 4 is 38.9 Å². The van der Waals surface area contributed by atoms with Gasteiger partial charge in [0.1, 0.15) is 5.82 Å². The van der Waals surface area contributed by atoms with E-state index in [-0.39, 0.29) is 4.90 Å². The summed E-state index contributed by atoms with van der Waals surface area (Å²) < 4.78 is 23.4. The van der Waals surface area contributed by atoms with Crippen LogP contribution in [0.1, 0.15) is 11.1 Å². The van der Waals surface area contributed by atoms with Crippen LogP contribution in [0.2, 0.25) is 0 Å². The highest BCUT2D eigenvalue weighted by molar-refractivity contribution is 7.89. The van der Waals surface area contributed by atoms with Crippen LogP contribution in [0.15, 0.2) is 53.6 Å². The van der Waals surface area contributed by atoms with Crippen molar-refractivity contribution in [1.82, 2.24) is 9.97 Å². The second-order valence-corrected chi connectivity index (χ2v) is 8.02. The molecule has 0 fully saturated rings. The Hall–Kier alpha value is -3.17. The maximum Gasteiger partial charge on any atom is 0.238 e. The number of anilines is 5. The van der Waals surface area contributed by atoms with Gasteiger partial charge in [-0.2, -0.15) is 4.98 Å². The smallest absolute Gasteiger partial charge is 0.238 e. The van der Waals surface area contributed by atoms with Crippen molar-refractivity contribution in [2.75, 3.05) is 23.0 Å². The molecule has 0 aliphatic carbocycles. The quantitative estimate of drug-likeness (QED) is 0.564. The fourth-order valence-electron chi connectivity index (χ4n) is 2.68. The van der Waals surface area contributed by atoms with Crippen molar-refractivity contribution in [1.29, 1.82) is 0 Å². The molecule has 0 bridgehead atoms. The predicted molar refractivity (Wildman–Crippen MR) is 112 cm³/mol. The van der Waals surface area contributed by atoms with E-state index < -0.39 is 10.0 Å². The first kappa shape index (κ1) is 19.6. The largest absolute Gasteiger partial charge is 0.398 e. The molecule has 2 aromatic carbocycles. The van der Waals surface area contributed by atoms with Crippen LogP contribution in [0.3, 0.4) is 0 Å². The fourth-order valence-corrected chi connectivity index (χ4v) is 3.49. The molecule has 0 unspecified atom stereocenters. The zero-order valence-corrected chi connectivity index (χ0v) is 16.7. The lowest BCUT2D eigenvalue weighted by molar-refractivity contribution is 0.597. The number of hydrogen-bond donors (Lipinski definition) is 3. The van der Waals surface area contributed by atoms with Gasteiger partial charge in [0.25, 0.3) is 0 Å². The number of primary sulfonamides is 1. The van der Waals surface area contributed by atoms with Crippen molar-refractivity contribution in [2.45, 2.75) is 18.7 Å². The van der Waals surface area contributed by atoms with Crippen LogP contribution in [0, 0.1) is 13.8 Å². The lowest BCUT2D eigenvalue weighted by Crippen LogP contribution is -2.14. The Balaban J connectivity index is 1.89. The molecule has 3 rings (SSSR count). The molecule has 0 radical (unpaired) electrons. The van der Waals surface area contributed by atoms with Crippen molar-refractivity contribution in [2.24, 2.45) is 5.14 Å². The van der Waals surface area contributed by atoms with Crippen LogP contribution in [0.5, 0.6) is 0 Å². The van der Waals surface area contributed by atoms with E-state index in [0.717, 1.165) is 11.3 Å². The summed E-state index contributed by atoms with van der Waals surface area (Å²) in [5, 5.41) is 8.28. The Kier molecular flexibility index (Phi) is 5.21. The lowest BCUT2D eigenvalue weighted by atomic mass is 10.2. The third-order valence-electron chi connectivity index (χ3n) is 4.39. The monoisotopic (exact) mass is 398 g/mol. The van der Waals surface area contributed by atoms with Gasteiger partial charge in [0.2, 0.25) is 16.0 Å². The molecule has 0 amide bonds. The van der Waals surface area contributed by atoms with Crippen LogP contribution >= 0.6 is 0 Å².